The molecular weight excluding hydrogens is 212 g/mol. The predicted molar refractivity (Wildman–Crippen MR) is 66.9 cm³/mol. The Hall–Kier alpha value is -2.22. The summed E-state index contributed by atoms with van der Waals surface area (Å²) in [4.78, 5) is 0. The van der Waals surface area contributed by atoms with Gasteiger partial charge in [-0.2, -0.15) is 0 Å². The Morgan fingerprint density at radius 1 is 0.941 bits per heavy atom. The Labute approximate surface area is 99.8 Å². The van der Waals surface area contributed by atoms with Gasteiger partial charge in [-0.1, -0.05) is 18.2 Å². The van der Waals surface area contributed by atoms with Gasteiger partial charge in [0.05, 0.1) is 0 Å². The molecule has 1 aliphatic heterocycles. The average molecular weight is 224 g/mol. The van der Waals surface area contributed by atoms with Crippen molar-refractivity contribution in [1.82, 2.24) is 0 Å². The molecule has 0 bridgehead atoms. The molecule has 0 spiro atoms. The molecule has 84 valence electrons. The Morgan fingerprint density at radius 2 is 1.71 bits per heavy atom. The summed E-state index contributed by atoms with van der Waals surface area (Å²) < 4.78 is 5.84. The SMILES string of the molecule is Oc1ccc(C2=CCc3ccccc3O2)cc1. The van der Waals surface area contributed by atoms with E-state index in [1.165, 1.54) is 5.56 Å². The van der Waals surface area contributed by atoms with Crippen LogP contribution in [0.2, 0.25) is 0 Å². The quantitative estimate of drug-likeness (QED) is 0.804. The molecule has 0 saturated carbocycles. The van der Waals surface area contributed by atoms with E-state index >= 15 is 0 Å². The molecule has 2 heteroatoms. The minimum Gasteiger partial charge on any atom is -0.508 e. The van der Waals surface area contributed by atoms with Gasteiger partial charge in [0.15, 0.2) is 0 Å². The molecule has 2 aromatic rings. The number of hydrogen-bond acceptors (Lipinski definition) is 2. The summed E-state index contributed by atoms with van der Waals surface area (Å²) >= 11 is 0. The molecule has 0 aromatic heterocycles. The van der Waals surface area contributed by atoms with E-state index in [1.807, 2.05) is 30.3 Å². The van der Waals surface area contributed by atoms with Crippen molar-refractivity contribution in [2.24, 2.45) is 0 Å². The van der Waals surface area contributed by atoms with Crippen LogP contribution in [-0.4, -0.2) is 5.11 Å². The van der Waals surface area contributed by atoms with Crippen molar-refractivity contribution in [2.75, 3.05) is 0 Å². The minimum atomic E-state index is 0.269. The summed E-state index contributed by atoms with van der Waals surface area (Å²) in [5.74, 6) is 2.03. The van der Waals surface area contributed by atoms with Crippen molar-refractivity contribution in [3.8, 4) is 11.5 Å². The maximum absolute atomic E-state index is 9.25. The van der Waals surface area contributed by atoms with Gasteiger partial charge in [0, 0.05) is 5.56 Å². The number of phenolic OH excluding ortho intramolecular Hbond substituents is 1. The summed E-state index contributed by atoms with van der Waals surface area (Å²) in [6.45, 7) is 0. The molecular formula is C15H12O2. The topological polar surface area (TPSA) is 29.5 Å². The largest absolute Gasteiger partial charge is 0.508 e. The van der Waals surface area contributed by atoms with Gasteiger partial charge < -0.3 is 9.84 Å². The number of ether oxygens (including phenoxy) is 1. The van der Waals surface area contributed by atoms with Crippen LogP contribution in [0.4, 0.5) is 0 Å². The number of hydrogen-bond donors (Lipinski definition) is 1. The number of benzene rings is 2. The summed E-state index contributed by atoms with van der Waals surface area (Å²) in [7, 11) is 0. The first-order valence-electron chi connectivity index (χ1n) is 5.58. The summed E-state index contributed by atoms with van der Waals surface area (Å²) in [5.41, 5.74) is 2.19. The van der Waals surface area contributed by atoms with E-state index in [0.717, 1.165) is 23.5 Å². The van der Waals surface area contributed by atoms with E-state index in [0.29, 0.717) is 0 Å². The Bertz CT molecular complexity index is 568. The molecule has 0 aliphatic carbocycles. The molecule has 0 radical (unpaired) electrons. The molecule has 0 fully saturated rings. The van der Waals surface area contributed by atoms with Crippen molar-refractivity contribution in [3.05, 3.63) is 65.7 Å². The normalized spacial score (nSPS) is 13.5. The number of para-hydroxylation sites is 1. The van der Waals surface area contributed by atoms with Crippen LogP contribution in [0.3, 0.4) is 0 Å². The Morgan fingerprint density at radius 3 is 2.53 bits per heavy atom. The Kier molecular flexibility index (Phi) is 2.33. The zero-order chi connectivity index (χ0) is 11.7. The smallest absolute Gasteiger partial charge is 0.131 e. The lowest BCUT2D eigenvalue weighted by molar-refractivity contribution is 0.474. The summed E-state index contributed by atoms with van der Waals surface area (Å²) in [5, 5.41) is 9.25. The van der Waals surface area contributed by atoms with Crippen molar-refractivity contribution >= 4 is 5.76 Å². The van der Waals surface area contributed by atoms with E-state index in [2.05, 4.69) is 12.1 Å². The first-order valence-corrected chi connectivity index (χ1v) is 5.58. The second-order valence-corrected chi connectivity index (χ2v) is 4.03. The number of allylic oxidation sites excluding steroid dienone is 1. The van der Waals surface area contributed by atoms with E-state index in [4.69, 9.17) is 4.74 Å². The van der Waals surface area contributed by atoms with Gasteiger partial charge in [-0.3, -0.25) is 0 Å². The van der Waals surface area contributed by atoms with Crippen molar-refractivity contribution in [3.63, 3.8) is 0 Å². The molecule has 2 nitrogen and oxygen atoms in total. The highest BCUT2D eigenvalue weighted by Gasteiger charge is 2.12. The molecule has 0 unspecified atom stereocenters. The molecule has 1 heterocycles. The van der Waals surface area contributed by atoms with E-state index in [9.17, 15) is 5.11 Å². The van der Waals surface area contributed by atoms with Crippen LogP contribution in [0.1, 0.15) is 11.1 Å². The van der Waals surface area contributed by atoms with Crippen LogP contribution in [0.5, 0.6) is 11.5 Å². The van der Waals surface area contributed by atoms with Crippen LogP contribution in [0.25, 0.3) is 5.76 Å². The van der Waals surface area contributed by atoms with Crippen LogP contribution >= 0.6 is 0 Å². The molecule has 0 atom stereocenters. The number of fused-ring (bicyclic) bond motifs is 1. The lowest BCUT2D eigenvalue weighted by Crippen LogP contribution is -2.03. The maximum atomic E-state index is 9.25. The van der Waals surface area contributed by atoms with Crippen LogP contribution in [-0.2, 0) is 6.42 Å². The minimum absolute atomic E-state index is 0.269. The highest BCUT2D eigenvalue weighted by atomic mass is 16.5. The number of aromatic hydroxyl groups is 1. The standard InChI is InChI=1S/C15H12O2/c16-13-8-5-12(6-9-13)15-10-7-11-3-1-2-4-14(11)17-15/h1-6,8-10,16H,7H2. The monoisotopic (exact) mass is 224 g/mol. The lowest BCUT2D eigenvalue weighted by Gasteiger charge is -2.18. The Balaban J connectivity index is 1.93. The maximum Gasteiger partial charge on any atom is 0.131 e. The molecule has 0 saturated heterocycles. The van der Waals surface area contributed by atoms with Gasteiger partial charge in [0.1, 0.15) is 17.3 Å². The van der Waals surface area contributed by atoms with Gasteiger partial charge in [0.25, 0.3) is 0 Å². The highest BCUT2D eigenvalue weighted by molar-refractivity contribution is 5.65. The molecule has 1 N–H and O–H groups in total. The summed E-state index contributed by atoms with van der Waals surface area (Å²) in [6, 6.07) is 15.1. The summed E-state index contributed by atoms with van der Waals surface area (Å²) in [6.07, 6.45) is 2.95. The molecule has 0 amide bonds. The lowest BCUT2D eigenvalue weighted by atomic mass is 10.1. The van der Waals surface area contributed by atoms with Gasteiger partial charge >= 0.3 is 0 Å². The fraction of sp³-hybridized carbons (Fsp3) is 0.0667. The third-order valence-electron chi connectivity index (χ3n) is 2.85. The third-order valence-corrected chi connectivity index (χ3v) is 2.85. The second-order valence-electron chi connectivity index (χ2n) is 4.03. The third kappa shape index (κ3) is 1.89. The van der Waals surface area contributed by atoms with Gasteiger partial charge in [-0.15, -0.1) is 0 Å². The number of phenols is 1. The zero-order valence-electron chi connectivity index (χ0n) is 9.26. The zero-order valence-corrected chi connectivity index (χ0v) is 9.26. The van der Waals surface area contributed by atoms with Crippen molar-refractivity contribution in [2.45, 2.75) is 6.42 Å². The molecule has 3 rings (SSSR count). The molecule has 17 heavy (non-hydrogen) atoms. The van der Waals surface area contributed by atoms with E-state index in [1.54, 1.807) is 12.1 Å². The van der Waals surface area contributed by atoms with E-state index < -0.39 is 0 Å². The highest BCUT2D eigenvalue weighted by Crippen LogP contribution is 2.30. The fourth-order valence-corrected chi connectivity index (χ4v) is 1.94. The van der Waals surface area contributed by atoms with Crippen LogP contribution in [0, 0.1) is 0 Å². The fourth-order valence-electron chi connectivity index (χ4n) is 1.94. The van der Waals surface area contributed by atoms with Crippen molar-refractivity contribution in [1.29, 1.82) is 0 Å². The van der Waals surface area contributed by atoms with Crippen LogP contribution in [0.15, 0.2) is 54.6 Å². The van der Waals surface area contributed by atoms with Gasteiger partial charge in [-0.25, -0.2) is 0 Å². The van der Waals surface area contributed by atoms with Crippen LogP contribution < -0.4 is 4.74 Å². The van der Waals surface area contributed by atoms with Crippen molar-refractivity contribution < 1.29 is 9.84 Å². The first-order chi connectivity index (χ1) is 8.33. The van der Waals surface area contributed by atoms with Gasteiger partial charge in [0.2, 0.25) is 0 Å². The molecule has 1 aliphatic rings. The first kappa shape index (κ1) is 9.97. The average Bonchev–Trinajstić information content (AvgIpc) is 2.39. The number of rotatable bonds is 1. The predicted octanol–water partition coefficient (Wildman–Crippen LogP) is 3.37. The van der Waals surface area contributed by atoms with Gasteiger partial charge in [-0.05, 0) is 48.4 Å². The van der Waals surface area contributed by atoms with E-state index in [-0.39, 0.29) is 5.75 Å². The second kappa shape index (κ2) is 3.98. The molecule has 2 aromatic carbocycles.